The Bertz CT molecular complexity index is 744. The Morgan fingerprint density at radius 2 is 2.00 bits per heavy atom. The zero-order chi connectivity index (χ0) is 15.0. The van der Waals surface area contributed by atoms with E-state index in [1.165, 1.54) is 0 Å². The number of aryl methyl sites for hydroxylation is 2. The maximum Gasteiger partial charge on any atom is 0.249 e. The smallest absolute Gasteiger partial charge is 0.249 e. The molecule has 4 nitrogen and oxygen atoms in total. The molecule has 0 saturated carbocycles. The molecule has 3 rings (SSSR count). The maximum absolute atomic E-state index is 6.14. The molecule has 6 heteroatoms. The van der Waals surface area contributed by atoms with Crippen molar-refractivity contribution in [3.05, 3.63) is 56.0 Å². The van der Waals surface area contributed by atoms with Crippen LogP contribution in [0, 0.1) is 13.8 Å². The Labute approximate surface area is 135 Å². The Morgan fingerprint density at radius 3 is 2.62 bits per heavy atom. The van der Waals surface area contributed by atoms with Crippen LogP contribution in [0.4, 0.5) is 0 Å². The van der Waals surface area contributed by atoms with Gasteiger partial charge in [0, 0.05) is 14.9 Å². The van der Waals surface area contributed by atoms with E-state index in [2.05, 4.69) is 26.1 Å². The van der Waals surface area contributed by atoms with Crippen LogP contribution < -0.4 is 5.73 Å². The number of hydrogen-bond donors (Lipinski definition) is 1. The first kappa shape index (κ1) is 14.4. The number of rotatable bonds is 3. The molecule has 1 aromatic carbocycles. The van der Waals surface area contributed by atoms with Gasteiger partial charge < -0.3 is 10.3 Å². The Kier molecular flexibility index (Phi) is 3.93. The van der Waals surface area contributed by atoms with Crippen LogP contribution in [0.1, 0.15) is 27.9 Å². The molecule has 1 unspecified atom stereocenters. The molecular formula is C15H14BrN3OS. The van der Waals surface area contributed by atoms with Crippen LogP contribution in [0.5, 0.6) is 0 Å². The molecule has 3 aromatic rings. The van der Waals surface area contributed by atoms with Gasteiger partial charge in [0.1, 0.15) is 6.04 Å². The van der Waals surface area contributed by atoms with E-state index in [0.717, 1.165) is 26.0 Å². The normalized spacial score (nSPS) is 12.6. The first-order valence-electron chi connectivity index (χ1n) is 6.46. The minimum atomic E-state index is -0.371. The zero-order valence-corrected chi connectivity index (χ0v) is 14.0. The van der Waals surface area contributed by atoms with E-state index in [-0.39, 0.29) is 6.04 Å². The van der Waals surface area contributed by atoms with Crippen LogP contribution >= 0.6 is 27.3 Å². The first-order chi connectivity index (χ1) is 10.1. The molecule has 21 heavy (non-hydrogen) atoms. The molecular weight excluding hydrogens is 350 g/mol. The predicted molar refractivity (Wildman–Crippen MR) is 87.3 cm³/mol. The van der Waals surface area contributed by atoms with E-state index in [1.54, 1.807) is 11.3 Å². The van der Waals surface area contributed by atoms with Crippen molar-refractivity contribution in [2.75, 3.05) is 0 Å². The Balaban J connectivity index is 1.95. The average Bonchev–Trinajstić information content (AvgIpc) is 3.14. The maximum atomic E-state index is 6.14. The van der Waals surface area contributed by atoms with Crippen LogP contribution in [0.3, 0.4) is 0 Å². The Morgan fingerprint density at radius 1 is 1.29 bits per heavy atom. The topological polar surface area (TPSA) is 64.9 Å². The summed E-state index contributed by atoms with van der Waals surface area (Å²) in [5.74, 6) is 1.00. The highest BCUT2D eigenvalue weighted by Gasteiger charge is 2.18. The molecule has 0 fully saturated rings. The first-order valence-corrected chi connectivity index (χ1v) is 8.13. The van der Waals surface area contributed by atoms with E-state index in [1.807, 2.05) is 43.5 Å². The summed E-state index contributed by atoms with van der Waals surface area (Å²) in [7, 11) is 0. The third-order valence-electron chi connectivity index (χ3n) is 3.25. The van der Waals surface area contributed by atoms with Crippen molar-refractivity contribution in [2.45, 2.75) is 19.9 Å². The van der Waals surface area contributed by atoms with Gasteiger partial charge >= 0.3 is 0 Å². The van der Waals surface area contributed by atoms with Crippen LogP contribution in [0.2, 0.25) is 0 Å². The number of halogens is 1. The summed E-state index contributed by atoms with van der Waals surface area (Å²) >= 11 is 5.14. The minimum Gasteiger partial charge on any atom is -0.337 e. The molecule has 2 heterocycles. The van der Waals surface area contributed by atoms with Gasteiger partial charge in [0.15, 0.2) is 0 Å². The molecule has 1 atom stereocenters. The highest BCUT2D eigenvalue weighted by Crippen LogP contribution is 2.29. The van der Waals surface area contributed by atoms with Gasteiger partial charge in [0.05, 0.1) is 0 Å². The molecule has 2 aromatic heterocycles. The lowest BCUT2D eigenvalue weighted by atomic mass is 10.1. The van der Waals surface area contributed by atoms with Crippen molar-refractivity contribution < 1.29 is 4.52 Å². The second kappa shape index (κ2) is 5.71. The summed E-state index contributed by atoms with van der Waals surface area (Å²) in [6, 6.07) is 7.61. The quantitative estimate of drug-likeness (QED) is 0.756. The fourth-order valence-electron chi connectivity index (χ4n) is 2.14. The van der Waals surface area contributed by atoms with E-state index in [4.69, 9.17) is 10.3 Å². The molecule has 0 bridgehead atoms. The molecule has 0 saturated heterocycles. The average molecular weight is 364 g/mol. The Hall–Kier alpha value is -1.50. The zero-order valence-electron chi connectivity index (χ0n) is 11.6. The number of nitrogens with zero attached hydrogens (tertiary/aromatic N) is 2. The largest absolute Gasteiger partial charge is 0.337 e. The third kappa shape index (κ3) is 2.79. The summed E-state index contributed by atoms with van der Waals surface area (Å²) in [4.78, 5) is 5.44. The standard InChI is InChI=1S/C15H14BrN3OS/c1-8-6-10(7-9(2)12(8)16)14-18-15(20-19-14)13(17)11-4-3-5-21-11/h3-7,13H,17H2,1-2H3. The third-order valence-corrected chi connectivity index (χ3v) is 5.46. The summed E-state index contributed by atoms with van der Waals surface area (Å²) < 4.78 is 6.43. The van der Waals surface area contributed by atoms with Gasteiger partial charge in [0.25, 0.3) is 0 Å². The fourth-order valence-corrected chi connectivity index (χ4v) is 3.09. The van der Waals surface area contributed by atoms with Gasteiger partial charge in [-0.3, -0.25) is 0 Å². The molecule has 0 aliphatic heterocycles. The van der Waals surface area contributed by atoms with E-state index in [0.29, 0.717) is 11.7 Å². The summed E-state index contributed by atoms with van der Waals surface area (Å²) in [5.41, 5.74) is 9.35. The predicted octanol–water partition coefficient (Wildman–Crippen LogP) is 4.23. The van der Waals surface area contributed by atoms with Crippen LogP contribution in [-0.2, 0) is 0 Å². The molecule has 2 N–H and O–H groups in total. The molecule has 0 radical (unpaired) electrons. The highest BCUT2D eigenvalue weighted by atomic mass is 79.9. The number of aromatic nitrogens is 2. The van der Waals surface area contributed by atoms with Crippen molar-refractivity contribution in [3.8, 4) is 11.4 Å². The second-order valence-corrected chi connectivity index (χ2v) is 6.65. The molecule has 108 valence electrons. The summed E-state index contributed by atoms with van der Waals surface area (Å²) in [5, 5.41) is 6.03. The molecule has 0 amide bonds. The molecule has 0 aliphatic carbocycles. The lowest BCUT2D eigenvalue weighted by molar-refractivity contribution is 0.368. The van der Waals surface area contributed by atoms with Gasteiger partial charge in [-0.05, 0) is 48.6 Å². The summed E-state index contributed by atoms with van der Waals surface area (Å²) in [6.45, 7) is 4.08. The summed E-state index contributed by atoms with van der Waals surface area (Å²) in [6.07, 6.45) is 0. The van der Waals surface area contributed by atoms with Crippen LogP contribution in [-0.4, -0.2) is 10.1 Å². The van der Waals surface area contributed by atoms with E-state index in [9.17, 15) is 0 Å². The van der Waals surface area contributed by atoms with Gasteiger partial charge in [0.2, 0.25) is 11.7 Å². The van der Waals surface area contributed by atoms with Gasteiger partial charge in [-0.15, -0.1) is 11.3 Å². The van der Waals surface area contributed by atoms with Crippen molar-refractivity contribution in [3.63, 3.8) is 0 Å². The minimum absolute atomic E-state index is 0.371. The molecule has 0 aliphatic rings. The van der Waals surface area contributed by atoms with Gasteiger partial charge in [-0.1, -0.05) is 27.2 Å². The number of hydrogen-bond acceptors (Lipinski definition) is 5. The monoisotopic (exact) mass is 363 g/mol. The highest BCUT2D eigenvalue weighted by molar-refractivity contribution is 9.10. The lowest BCUT2D eigenvalue weighted by Crippen LogP contribution is -2.10. The lowest BCUT2D eigenvalue weighted by Gasteiger charge is -2.05. The SMILES string of the molecule is Cc1cc(-c2noc(C(N)c3cccs3)n2)cc(C)c1Br. The number of nitrogens with two attached hydrogens (primary N) is 1. The van der Waals surface area contributed by atoms with Gasteiger partial charge in [-0.2, -0.15) is 4.98 Å². The van der Waals surface area contributed by atoms with E-state index < -0.39 is 0 Å². The molecule has 0 spiro atoms. The number of thiophene rings is 1. The number of benzene rings is 1. The van der Waals surface area contributed by atoms with Crippen molar-refractivity contribution >= 4 is 27.3 Å². The van der Waals surface area contributed by atoms with Crippen molar-refractivity contribution in [1.82, 2.24) is 10.1 Å². The van der Waals surface area contributed by atoms with Crippen LogP contribution in [0.15, 0.2) is 38.6 Å². The second-order valence-electron chi connectivity index (χ2n) is 4.87. The van der Waals surface area contributed by atoms with Gasteiger partial charge in [-0.25, -0.2) is 0 Å². The van der Waals surface area contributed by atoms with E-state index >= 15 is 0 Å². The fraction of sp³-hybridized carbons (Fsp3) is 0.200. The van der Waals surface area contributed by atoms with Crippen molar-refractivity contribution in [2.24, 2.45) is 5.73 Å². The van der Waals surface area contributed by atoms with Crippen molar-refractivity contribution in [1.29, 1.82) is 0 Å². The van der Waals surface area contributed by atoms with Crippen LogP contribution in [0.25, 0.3) is 11.4 Å².